The first-order chi connectivity index (χ1) is 9.26. The number of rotatable bonds is 7. The van der Waals surface area contributed by atoms with E-state index in [1.54, 1.807) is 6.07 Å². The minimum Gasteiger partial charge on any atom is -0.316 e. The highest BCUT2D eigenvalue weighted by atomic mass is 19.1. The zero-order chi connectivity index (χ0) is 13.2. The Labute approximate surface area is 115 Å². The number of halogens is 1. The molecule has 2 nitrogen and oxygen atoms in total. The third-order valence-electron chi connectivity index (χ3n) is 4.12. The van der Waals surface area contributed by atoms with E-state index in [0.717, 1.165) is 24.6 Å². The van der Waals surface area contributed by atoms with Crippen molar-refractivity contribution in [1.29, 1.82) is 0 Å². The molecule has 19 heavy (non-hydrogen) atoms. The van der Waals surface area contributed by atoms with Crippen molar-refractivity contribution in [3.63, 3.8) is 0 Å². The van der Waals surface area contributed by atoms with Crippen LogP contribution < -0.4 is 5.32 Å². The van der Waals surface area contributed by atoms with Crippen molar-refractivity contribution in [1.82, 2.24) is 10.2 Å². The summed E-state index contributed by atoms with van der Waals surface area (Å²) < 4.78 is 14.0. The third kappa shape index (κ3) is 3.54. The van der Waals surface area contributed by atoms with Crippen molar-refractivity contribution < 1.29 is 4.39 Å². The lowest BCUT2D eigenvalue weighted by Gasteiger charge is -2.22. The van der Waals surface area contributed by atoms with Crippen LogP contribution in [0.5, 0.6) is 0 Å². The predicted molar refractivity (Wildman–Crippen MR) is 75.3 cm³/mol. The predicted octanol–water partition coefficient (Wildman–Crippen LogP) is 2.92. The second-order valence-corrected chi connectivity index (χ2v) is 6.06. The summed E-state index contributed by atoms with van der Waals surface area (Å²) in [5, 5.41) is 3.13. The highest BCUT2D eigenvalue weighted by Gasteiger charge is 2.33. The molecule has 0 spiro atoms. The van der Waals surface area contributed by atoms with Crippen molar-refractivity contribution >= 4 is 0 Å². The quantitative estimate of drug-likeness (QED) is 0.813. The van der Waals surface area contributed by atoms with Crippen LogP contribution in [0.15, 0.2) is 18.2 Å². The fourth-order valence-corrected chi connectivity index (χ4v) is 2.70. The van der Waals surface area contributed by atoms with E-state index < -0.39 is 0 Å². The van der Waals surface area contributed by atoms with E-state index in [1.165, 1.54) is 37.8 Å². The van der Waals surface area contributed by atoms with Gasteiger partial charge in [-0.05, 0) is 50.3 Å². The number of hydrogen-bond donors (Lipinski definition) is 1. The Balaban J connectivity index is 1.70. The van der Waals surface area contributed by atoms with Gasteiger partial charge in [0, 0.05) is 31.2 Å². The van der Waals surface area contributed by atoms with Gasteiger partial charge in [-0.3, -0.25) is 4.90 Å². The molecule has 0 saturated heterocycles. The SMILES string of the molecule is CNCc1ccc(F)c(CN(CC2CC2)C2CC2)c1. The minimum atomic E-state index is -0.0544. The molecule has 1 N–H and O–H groups in total. The monoisotopic (exact) mass is 262 g/mol. The molecule has 0 radical (unpaired) electrons. The topological polar surface area (TPSA) is 15.3 Å². The van der Waals surface area contributed by atoms with E-state index in [1.807, 2.05) is 19.2 Å². The van der Waals surface area contributed by atoms with Crippen LogP contribution in [0.1, 0.15) is 36.8 Å². The molecular formula is C16H23FN2. The van der Waals surface area contributed by atoms with Gasteiger partial charge in [-0.25, -0.2) is 4.39 Å². The fraction of sp³-hybridized carbons (Fsp3) is 0.625. The number of benzene rings is 1. The van der Waals surface area contributed by atoms with Crippen LogP contribution in [-0.4, -0.2) is 24.5 Å². The molecule has 2 saturated carbocycles. The Morgan fingerprint density at radius 1 is 1.26 bits per heavy atom. The maximum absolute atomic E-state index is 14.0. The van der Waals surface area contributed by atoms with Crippen LogP contribution in [0.25, 0.3) is 0 Å². The molecule has 104 valence electrons. The molecule has 2 fully saturated rings. The average molecular weight is 262 g/mol. The summed E-state index contributed by atoms with van der Waals surface area (Å²) in [4.78, 5) is 2.50. The molecule has 0 bridgehead atoms. The van der Waals surface area contributed by atoms with Crippen molar-refractivity contribution in [3.8, 4) is 0 Å². The van der Waals surface area contributed by atoms with Gasteiger partial charge in [0.1, 0.15) is 5.82 Å². The number of nitrogens with one attached hydrogen (secondary N) is 1. The molecule has 3 rings (SSSR count). The van der Waals surface area contributed by atoms with Gasteiger partial charge in [-0.1, -0.05) is 12.1 Å². The van der Waals surface area contributed by atoms with E-state index in [2.05, 4.69) is 10.2 Å². The maximum Gasteiger partial charge on any atom is 0.127 e. The van der Waals surface area contributed by atoms with Crippen molar-refractivity contribution in [2.75, 3.05) is 13.6 Å². The second-order valence-electron chi connectivity index (χ2n) is 6.06. The van der Waals surface area contributed by atoms with E-state index in [0.29, 0.717) is 6.04 Å². The molecule has 1 aromatic rings. The first kappa shape index (κ1) is 13.1. The van der Waals surface area contributed by atoms with Gasteiger partial charge >= 0.3 is 0 Å². The summed E-state index contributed by atoms with van der Waals surface area (Å²) >= 11 is 0. The van der Waals surface area contributed by atoms with Gasteiger partial charge in [0.2, 0.25) is 0 Å². The summed E-state index contributed by atoms with van der Waals surface area (Å²) in [6, 6.07) is 6.23. The van der Waals surface area contributed by atoms with E-state index in [9.17, 15) is 4.39 Å². The Bertz CT molecular complexity index is 438. The van der Waals surface area contributed by atoms with Gasteiger partial charge in [0.15, 0.2) is 0 Å². The molecule has 0 atom stereocenters. The van der Waals surface area contributed by atoms with Crippen LogP contribution in [0.3, 0.4) is 0 Å². The number of hydrogen-bond acceptors (Lipinski definition) is 2. The van der Waals surface area contributed by atoms with Crippen LogP contribution in [0.2, 0.25) is 0 Å². The zero-order valence-electron chi connectivity index (χ0n) is 11.7. The third-order valence-corrected chi connectivity index (χ3v) is 4.12. The largest absolute Gasteiger partial charge is 0.316 e. The summed E-state index contributed by atoms with van der Waals surface area (Å²) in [5.41, 5.74) is 2.03. The van der Waals surface area contributed by atoms with E-state index in [4.69, 9.17) is 0 Å². The first-order valence-corrected chi connectivity index (χ1v) is 7.42. The minimum absolute atomic E-state index is 0.0544. The Kier molecular flexibility index (Phi) is 3.85. The van der Waals surface area contributed by atoms with Crippen LogP contribution in [0.4, 0.5) is 4.39 Å². The molecular weight excluding hydrogens is 239 g/mol. The molecule has 2 aliphatic carbocycles. The summed E-state index contributed by atoms with van der Waals surface area (Å²) in [5.74, 6) is 0.824. The Morgan fingerprint density at radius 3 is 2.68 bits per heavy atom. The summed E-state index contributed by atoms with van der Waals surface area (Å²) in [6.07, 6.45) is 5.33. The highest BCUT2D eigenvalue weighted by Crippen LogP contribution is 2.35. The molecule has 1 aromatic carbocycles. The van der Waals surface area contributed by atoms with Crippen molar-refractivity contribution in [2.24, 2.45) is 5.92 Å². The standard InChI is InChI=1S/C16H23FN2/c1-18-9-13-4-7-16(17)14(8-13)11-19(15-5-6-15)10-12-2-3-12/h4,7-8,12,15,18H,2-3,5-6,9-11H2,1H3. The summed E-state index contributed by atoms with van der Waals surface area (Å²) in [6.45, 7) is 2.75. The molecule has 2 aliphatic rings. The van der Waals surface area contributed by atoms with Crippen LogP contribution in [-0.2, 0) is 13.1 Å². The lowest BCUT2D eigenvalue weighted by molar-refractivity contribution is 0.240. The number of nitrogens with zero attached hydrogens (tertiary/aromatic N) is 1. The van der Waals surface area contributed by atoms with Gasteiger partial charge < -0.3 is 5.32 Å². The van der Waals surface area contributed by atoms with E-state index in [-0.39, 0.29) is 5.82 Å². The van der Waals surface area contributed by atoms with Gasteiger partial charge in [0.05, 0.1) is 0 Å². The van der Waals surface area contributed by atoms with Crippen molar-refractivity contribution in [3.05, 3.63) is 35.1 Å². The van der Waals surface area contributed by atoms with Gasteiger partial charge in [0.25, 0.3) is 0 Å². The lowest BCUT2D eigenvalue weighted by atomic mass is 10.1. The molecule has 3 heteroatoms. The van der Waals surface area contributed by atoms with Gasteiger partial charge in [-0.15, -0.1) is 0 Å². The second kappa shape index (κ2) is 5.59. The lowest BCUT2D eigenvalue weighted by Crippen LogP contribution is -2.28. The normalized spacial score (nSPS) is 19.1. The zero-order valence-corrected chi connectivity index (χ0v) is 11.7. The molecule has 0 heterocycles. The van der Waals surface area contributed by atoms with E-state index >= 15 is 0 Å². The average Bonchev–Trinajstić information content (AvgIpc) is 3.26. The smallest absolute Gasteiger partial charge is 0.127 e. The van der Waals surface area contributed by atoms with Crippen LogP contribution >= 0.6 is 0 Å². The molecule has 0 aromatic heterocycles. The molecule has 0 unspecified atom stereocenters. The molecule has 0 aliphatic heterocycles. The highest BCUT2D eigenvalue weighted by molar-refractivity contribution is 5.25. The first-order valence-electron chi connectivity index (χ1n) is 7.42. The summed E-state index contributed by atoms with van der Waals surface area (Å²) in [7, 11) is 1.92. The van der Waals surface area contributed by atoms with Crippen LogP contribution in [0, 0.1) is 11.7 Å². The van der Waals surface area contributed by atoms with Crippen molar-refractivity contribution in [2.45, 2.75) is 44.8 Å². The maximum atomic E-state index is 14.0. The molecule has 0 amide bonds. The Morgan fingerprint density at radius 2 is 2.05 bits per heavy atom. The Hall–Kier alpha value is -0.930. The van der Waals surface area contributed by atoms with Gasteiger partial charge in [-0.2, -0.15) is 0 Å². The fourth-order valence-electron chi connectivity index (χ4n) is 2.70.